The van der Waals surface area contributed by atoms with Crippen molar-refractivity contribution in [3.05, 3.63) is 47.7 Å². The van der Waals surface area contributed by atoms with Gasteiger partial charge in [-0.05, 0) is 36.2 Å². The Balaban J connectivity index is 1.69. The molecule has 0 atom stereocenters. The number of carbonyl (C=O) groups excluding carboxylic acids is 1. The lowest BCUT2D eigenvalue weighted by atomic mass is 10.0. The molecule has 1 aromatic carbocycles. The van der Waals surface area contributed by atoms with E-state index in [4.69, 9.17) is 4.74 Å². The van der Waals surface area contributed by atoms with Crippen LogP contribution in [-0.4, -0.2) is 18.0 Å². The number of aromatic nitrogens is 1. The first kappa shape index (κ1) is 13.4. The van der Waals surface area contributed by atoms with Crippen LogP contribution < -0.4 is 15.4 Å². The highest BCUT2D eigenvalue weighted by Crippen LogP contribution is 2.25. The van der Waals surface area contributed by atoms with Crippen molar-refractivity contribution in [3.8, 4) is 5.88 Å². The van der Waals surface area contributed by atoms with Gasteiger partial charge >= 0.3 is 0 Å². The molecule has 2 aromatic rings. The van der Waals surface area contributed by atoms with Crippen LogP contribution in [0, 0.1) is 0 Å². The maximum absolute atomic E-state index is 11.3. The summed E-state index contributed by atoms with van der Waals surface area (Å²) >= 11 is 0. The van der Waals surface area contributed by atoms with Gasteiger partial charge in [0.1, 0.15) is 0 Å². The smallest absolute Gasteiger partial charge is 0.224 e. The van der Waals surface area contributed by atoms with Gasteiger partial charge in [0.2, 0.25) is 11.8 Å². The van der Waals surface area contributed by atoms with Crippen LogP contribution in [0.3, 0.4) is 0 Å². The third kappa shape index (κ3) is 3.13. The minimum absolute atomic E-state index is 0.0868. The second-order valence-corrected chi connectivity index (χ2v) is 4.94. The van der Waals surface area contributed by atoms with Crippen molar-refractivity contribution in [1.29, 1.82) is 0 Å². The summed E-state index contributed by atoms with van der Waals surface area (Å²) in [5.41, 5.74) is 4.02. The number of aryl methyl sites for hydroxylation is 1. The van der Waals surface area contributed by atoms with Crippen molar-refractivity contribution < 1.29 is 9.53 Å². The van der Waals surface area contributed by atoms with Crippen molar-refractivity contribution >= 4 is 17.3 Å². The van der Waals surface area contributed by atoms with Crippen LogP contribution in [0.25, 0.3) is 0 Å². The van der Waals surface area contributed by atoms with Gasteiger partial charge in [0.05, 0.1) is 19.3 Å². The number of hydrogen-bond acceptors (Lipinski definition) is 4. The number of methoxy groups -OCH3 is 1. The Bertz CT molecular complexity index is 670. The first-order valence-corrected chi connectivity index (χ1v) is 6.91. The predicted octanol–water partition coefficient (Wildman–Crippen LogP) is 2.59. The molecule has 0 radical (unpaired) electrons. The molecule has 1 amide bonds. The van der Waals surface area contributed by atoms with Gasteiger partial charge in [-0.15, -0.1) is 0 Å². The van der Waals surface area contributed by atoms with Crippen LogP contribution in [0.4, 0.5) is 11.4 Å². The molecule has 0 aliphatic carbocycles. The fourth-order valence-electron chi connectivity index (χ4n) is 2.36. The number of carbonyl (C=O) groups is 1. The normalized spacial score (nSPS) is 13.3. The molecule has 0 bridgehead atoms. The van der Waals surface area contributed by atoms with Crippen LogP contribution >= 0.6 is 0 Å². The SMILES string of the molecule is COc1cccc(CNc2ccc3c(c2)CCC(=O)N3)n1. The number of amides is 1. The summed E-state index contributed by atoms with van der Waals surface area (Å²) in [6, 6.07) is 11.7. The molecule has 0 saturated carbocycles. The lowest BCUT2D eigenvalue weighted by Gasteiger charge is -2.18. The van der Waals surface area contributed by atoms with E-state index in [-0.39, 0.29) is 5.91 Å². The van der Waals surface area contributed by atoms with Crippen LogP contribution in [0.15, 0.2) is 36.4 Å². The number of hydrogen-bond donors (Lipinski definition) is 2. The number of ether oxygens (including phenoxy) is 1. The van der Waals surface area contributed by atoms with E-state index >= 15 is 0 Å². The first-order chi connectivity index (χ1) is 10.2. The van der Waals surface area contributed by atoms with Crippen molar-refractivity contribution in [1.82, 2.24) is 4.98 Å². The van der Waals surface area contributed by atoms with Crippen molar-refractivity contribution in [2.24, 2.45) is 0 Å². The Morgan fingerprint density at radius 1 is 1.29 bits per heavy atom. The first-order valence-electron chi connectivity index (χ1n) is 6.91. The minimum atomic E-state index is 0.0868. The van der Waals surface area contributed by atoms with Gasteiger partial charge in [0.15, 0.2) is 0 Å². The van der Waals surface area contributed by atoms with Crippen molar-refractivity contribution in [2.75, 3.05) is 17.7 Å². The van der Waals surface area contributed by atoms with Gasteiger partial charge in [-0.1, -0.05) is 6.07 Å². The summed E-state index contributed by atoms with van der Waals surface area (Å²) in [5.74, 6) is 0.700. The predicted molar refractivity (Wildman–Crippen MR) is 81.5 cm³/mol. The van der Waals surface area contributed by atoms with E-state index in [0.717, 1.165) is 23.5 Å². The fraction of sp³-hybridized carbons (Fsp3) is 0.250. The summed E-state index contributed by atoms with van der Waals surface area (Å²) in [6.45, 7) is 0.627. The zero-order chi connectivity index (χ0) is 14.7. The van der Waals surface area contributed by atoms with E-state index in [1.165, 1.54) is 5.56 Å². The Hall–Kier alpha value is -2.56. The summed E-state index contributed by atoms with van der Waals surface area (Å²) in [6.07, 6.45) is 1.34. The van der Waals surface area contributed by atoms with Crippen molar-refractivity contribution in [2.45, 2.75) is 19.4 Å². The average Bonchev–Trinajstić information content (AvgIpc) is 2.53. The molecule has 1 aliphatic rings. The number of rotatable bonds is 4. The Morgan fingerprint density at radius 3 is 3.05 bits per heavy atom. The highest BCUT2D eigenvalue weighted by Gasteiger charge is 2.14. The number of nitrogens with zero attached hydrogens (tertiary/aromatic N) is 1. The van der Waals surface area contributed by atoms with Crippen LogP contribution in [0.2, 0.25) is 0 Å². The highest BCUT2D eigenvalue weighted by molar-refractivity contribution is 5.94. The molecule has 2 heterocycles. The standard InChI is InChI=1S/C16H17N3O2/c1-21-16-4-2-3-13(18-16)10-17-12-6-7-14-11(9-12)5-8-15(20)19-14/h2-4,6-7,9,17H,5,8,10H2,1H3,(H,19,20). The summed E-state index contributed by atoms with van der Waals surface area (Å²) in [4.78, 5) is 15.7. The lowest BCUT2D eigenvalue weighted by molar-refractivity contribution is -0.116. The molecule has 0 spiro atoms. The van der Waals surface area contributed by atoms with Gasteiger partial charge in [0, 0.05) is 23.9 Å². The van der Waals surface area contributed by atoms with E-state index in [1.54, 1.807) is 7.11 Å². The average molecular weight is 283 g/mol. The number of benzene rings is 1. The molecule has 21 heavy (non-hydrogen) atoms. The Kier molecular flexibility index (Phi) is 3.73. The summed E-state index contributed by atoms with van der Waals surface area (Å²) < 4.78 is 5.11. The molecule has 1 aromatic heterocycles. The molecule has 0 fully saturated rings. The van der Waals surface area contributed by atoms with E-state index in [0.29, 0.717) is 18.8 Å². The van der Waals surface area contributed by atoms with Gasteiger partial charge in [-0.25, -0.2) is 4.98 Å². The topological polar surface area (TPSA) is 63.2 Å². The third-order valence-corrected chi connectivity index (χ3v) is 3.46. The fourth-order valence-corrected chi connectivity index (χ4v) is 2.36. The molecule has 1 aliphatic heterocycles. The monoisotopic (exact) mass is 283 g/mol. The Morgan fingerprint density at radius 2 is 2.19 bits per heavy atom. The van der Waals surface area contributed by atoms with Gasteiger partial charge in [0.25, 0.3) is 0 Å². The lowest BCUT2D eigenvalue weighted by Crippen LogP contribution is -2.19. The summed E-state index contributed by atoms with van der Waals surface area (Å²) in [7, 11) is 1.61. The molecule has 108 valence electrons. The van der Waals surface area contributed by atoms with Gasteiger partial charge in [-0.2, -0.15) is 0 Å². The van der Waals surface area contributed by atoms with E-state index in [9.17, 15) is 4.79 Å². The molecule has 3 rings (SSSR count). The second-order valence-electron chi connectivity index (χ2n) is 4.94. The van der Waals surface area contributed by atoms with E-state index in [1.807, 2.05) is 30.3 Å². The summed E-state index contributed by atoms with van der Waals surface area (Å²) in [5, 5.41) is 6.22. The zero-order valence-electron chi connectivity index (χ0n) is 11.8. The van der Waals surface area contributed by atoms with Crippen molar-refractivity contribution in [3.63, 3.8) is 0 Å². The number of fused-ring (bicyclic) bond motifs is 1. The van der Waals surface area contributed by atoms with E-state index in [2.05, 4.69) is 21.7 Å². The molecular formula is C16H17N3O2. The minimum Gasteiger partial charge on any atom is -0.481 e. The quantitative estimate of drug-likeness (QED) is 0.905. The molecule has 0 unspecified atom stereocenters. The molecule has 5 heteroatoms. The number of pyridine rings is 1. The maximum Gasteiger partial charge on any atom is 0.224 e. The zero-order valence-corrected chi connectivity index (χ0v) is 11.8. The highest BCUT2D eigenvalue weighted by atomic mass is 16.5. The third-order valence-electron chi connectivity index (χ3n) is 3.46. The van der Waals surface area contributed by atoms with E-state index < -0.39 is 0 Å². The van der Waals surface area contributed by atoms with Gasteiger partial charge in [-0.3, -0.25) is 4.79 Å². The number of nitrogens with one attached hydrogen (secondary N) is 2. The molecule has 5 nitrogen and oxygen atoms in total. The van der Waals surface area contributed by atoms with Crippen LogP contribution in [0.5, 0.6) is 5.88 Å². The molecule has 0 saturated heterocycles. The van der Waals surface area contributed by atoms with Crippen LogP contribution in [0.1, 0.15) is 17.7 Å². The molecular weight excluding hydrogens is 266 g/mol. The Labute approximate surface area is 123 Å². The second kappa shape index (κ2) is 5.83. The number of anilines is 2. The van der Waals surface area contributed by atoms with Crippen LogP contribution in [-0.2, 0) is 17.8 Å². The largest absolute Gasteiger partial charge is 0.481 e. The maximum atomic E-state index is 11.3. The van der Waals surface area contributed by atoms with Gasteiger partial charge < -0.3 is 15.4 Å². The molecule has 2 N–H and O–H groups in total.